The summed E-state index contributed by atoms with van der Waals surface area (Å²) in [4.78, 5) is 5.73. The average molecular weight is 289 g/mol. The summed E-state index contributed by atoms with van der Waals surface area (Å²) in [5.74, 6) is 0.276. The third kappa shape index (κ3) is 3.50. The maximum Gasteiger partial charge on any atom is 0.215 e. The van der Waals surface area contributed by atoms with Crippen LogP contribution < -0.4 is 10.5 Å². The highest BCUT2D eigenvalue weighted by molar-refractivity contribution is 7.88. The van der Waals surface area contributed by atoms with Gasteiger partial charge in [-0.1, -0.05) is 6.92 Å². The first-order chi connectivity index (χ1) is 8.49. The molecule has 3 N–H and O–H groups in total. The molecule has 1 atom stereocenters. The number of fused-ring (bicyclic) bond motifs is 1. The summed E-state index contributed by atoms with van der Waals surface area (Å²) in [6.07, 6.45) is 3.29. The summed E-state index contributed by atoms with van der Waals surface area (Å²) in [5, 5.41) is 9.04. The molecule has 0 saturated carbocycles. The first-order valence-corrected chi connectivity index (χ1v) is 8.72. The van der Waals surface area contributed by atoms with E-state index in [-0.39, 0.29) is 5.75 Å². The molecule has 1 heterocycles. The zero-order valence-corrected chi connectivity index (χ0v) is 12.1. The summed E-state index contributed by atoms with van der Waals surface area (Å²) in [6, 6.07) is 0. The van der Waals surface area contributed by atoms with Crippen LogP contribution in [0.5, 0.6) is 0 Å². The Bertz CT molecular complexity index is 510. The van der Waals surface area contributed by atoms with Gasteiger partial charge >= 0.3 is 0 Å². The van der Waals surface area contributed by atoms with Crippen LogP contribution in [0.4, 0.5) is 0 Å². The molecule has 2 rings (SSSR count). The SMILES string of the molecule is CCNCC1CCCc2sc(CS(N)(=O)=O)nc21. The second-order valence-corrected chi connectivity index (χ2v) is 7.40. The molecule has 0 amide bonds. The quantitative estimate of drug-likeness (QED) is 0.845. The number of likely N-dealkylation sites (N-methyl/N-ethyl adjacent to an activating group) is 1. The molecule has 7 heteroatoms. The van der Waals surface area contributed by atoms with Crippen molar-refractivity contribution in [2.45, 2.75) is 37.9 Å². The van der Waals surface area contributed by atoms with Gasteiger partial charge in [-0.2, -0.15) is 0 Å². The predicted octanol–water partition coefficient (Wildman–Crippen LogP) is 0.961. The molecule has 0 radical (unpaired) electrons. The standard InChI is InChI=1S/C11H19N3O2S2/c1-2-13-6-8-4-3-5-9-11(8)14-10(17-9)7-18(12,15)16/h8,13H,2-7H2,1H3,(H2,12,15,16). The molecule has 102 valence electrons. The van der Waals surface area contributed by atoms with E-state index in [0.717, 1.165) is 38.0 Å². The number of nitrogens with two attached hydrogens (primary N) is 1. The number of aryl methyl sites for hydroxylation is 1. The monoisotopic (exact) mass is 289 g/mol. The van der Waals surface area contributed by atoms with E-state index in [9.17, 15) is 8.42 Å². The van der Waals surface area contributed by atoms with Crippen LogP contribution in [0.2, 0.25) is 0 Å². The largest absolute Gasteiger partial charge is 0.316 e. The molecule has 5 nitrogen and oxygen atoms in total. The second kappa shape index (κ2) is 5.64. The number of sulfonamides is 1. The van der Waals surface area contributed by atoms with Gasteiger partial charge in [-0.05, 0) is 25.8 Å². The van der Waals surface area contributed by atoms with Gasteiger partial charge in [-0.3, -0.25) is 0 Å². The normalized spacial score (nSPS) is 19.8. The predicted molar refractivity (Wildman–Crippen MR) is 73.1 cm³/mol. The molecule has 1 aliphatic carbocycles. The maximum atomic E-state index is 11.1. The van der Waals surface area contributed by atoms with Gasteiger partial charge in [0, 0.05) is 17.3 Å². The van der Waals surface area contributed by atoms with Gasteiger partial charge in [0.15, 0.2) is 0 Å². The van der Waals surface area contributed by atoms with Crippen molar-refractivity contribution >= 4 is 21.4 Å². The minimum absolute atomic E-state index is 0.140. The summed E-state index contributed by atoms with van der Waals surface area (Å²) in [5.41, 5.74) is 1.09. The molecule has 1 aliphatic rings. The van der Waals surface area contributed by atoms with Crippen molar-refractivity contribution in [3.8, 4) is 0 Å². The maximum absolute atomic E-state index is 11.1. The third-order valence-electron chi connectivity index (χ3n) is 3.08. The van der Waals surface area contributed by atoms with Gasteiger partial charge in [0.2, 0.25) is 10.0 Å². The van der Waals surface area contributed by atoms with Gasteiger partial charge < -0.3 is 5.32 Å². The number of hydrogen-bond donors (Lipinski definition) is 2. The fraction of sp³-hybridized carbons (Fsp3) is 0.727. The lowest BCUT2D eigenvalue weighted by molar-refractivity contribution is 0.508. The van der Waals surface area contributed by atoms with E-state index in [1.165, 1.54) is 16.2 Å². The number of thiazole rings is 1. The summed E-state index contributed by atoms with van der Waals surface area (Å²) < 4.78 is 22.2. The number of hydrogen-bond acceptors (Lipinski definition) is 5. The van der Waals surface area contributed by atoms with E-state index in [0.29, 0.717) is 10.9 Å². The van der Waals surface area contributed by atoms with Crippen LogP contribution in [0, 0.1) is 0 Å². The lowest BCUT2D eigenvalue weighted by atomic mass is 9.91. The molecule has 0 bridgehead atoms. The van der Waals surface area contributed by atoms with Gasteiger partial charge in [-0.25, -0.2) is 18.5 Å². The molecule has 18 heavy (non-hydrogen) atoms. The Hall–Kier alpha value is -0.500. The van der Waals surface area contributed by atoms with Crippen molar-refractivity contribution in [3.63, 3.8) is 0 Å². The highest BCUT2D eigenvalue weighted by Gasteiger charge is 2.25. The van der Waals surface area contributed by atoms with Crippen LogP contribution >= 0.6 is 11.3 Å². The van der Waals surface area contributed by atoms with Crippen LogP contribution in [0.25, 0.3) is 0 Å². The van der Waals surface area contributed by atoms with Crippen molar-refractivity contribution in [1.82, 2.24) is 10.3 Å². The number of primary sulfonamides is 1. The van der Waals surface area contributed by atoms with E-state index < -0.39 is 10.0 Å². The smallest absolute Gasteiger partial charge is 0.215 e. The fourth-order valence-corrected chi connectivity index (χ4v) is 4.44. The molecule has 1 aromatic heterocycles. The van der Waals surface area contributed by atoms with E-state index in [1.54, 1.807) is 0 Å². The summed E-state index contributed by atoms with van der Waals surface area (Å²) >= 11 is 1.50. The van der Waals surface area contributed by atoms with Gasteiger partial charge in [0.1, 0.15) is 10.8 Å². The first kappa shape index (κ1) is 13.9. The Morgan fingerprint density at radius 3 is 3.00 bits per heavy atom. The number of rotatable bonds is 5. The van der Waals surface area contributed by atoms with E-state index in [4.69, 9.17) is 5.14 Å². The molecular weight excluding hydrogens is 270 g/mol. The second-order valence-electron chi connectivity index (χ2n) is 4.62. The van der Waals surface area contributed by atoms with Crippen LogP contribution in [0.1, 0.15) is 41.3 Å². The summed E-state index contributed by atoms with van der Waals surface area (Å²) in [6.45, 7) is 3.94. The molecule has 0 aromatic carbocycles. The molecule has 1 aromatic rings. The molecular formula is C11H19N3O2S2. The molecule has 0 aliphatic heterocycles. The van der Waals surface area contributed by atoms with Crippen molar-refractivity contribution in [1.29, 1.82) is 0 Å². The lowest BCUT2D eigenvalue weighted by Gasteiger charge is -2.21. The fourth-order valence-electron chi connectivity index (χ4n) is 2.31. The zero-order valence-electron chi connectivity index (χ0n) is 10.5. The Kier molecular flexibility index (Phi) is 4.37. The Labute approximate surface area is 112 Å². The number of aromatic nitrogens is 1. The molecule has 1 unspecified atom stereocenters. The van der Waals surface area contributed by atoms with Crippen molar-refractivity contribution in [2.24, 2.45) is 5.14 Å². The van der Waals surface area contributed by atoms with Crippen LogP contribution in [0.3, 0.4) is 0 Å². The summed E-state index contributed by atoms with van der Waals surface area (Å²) in [7, 11) is -3.48. The minimum Gasteiger partial charge on any atom is -0.316 e. The molecule has 0 spiro atoms. The van der Waals surface area contributed by atoms with Crippen LogP contribution in [-0.4, -0.2) is 26.5 Å². The topological polar surface area (TPSA) is 85.1 Å². The minimum atomic E-state index is -3.48. The van der Waals surface area contributed by atoms with Gasteiger partial charge in [-0.15, -0.1) is 11.3 Å². The zero-order chi connectivity index (χ0) is 13.2. The Morgan fingerprint density at radius 2 is 2.33 bits per heavy atom. The molecule has 0 saturated heterocycles. The highest BCUT2D eigenvalue weighted by Crippen LogP contribution is 2.34. The van der Waals surface area contributed by atoms with Crippen molar-refractivity contribution < 1.29 is 8.42 Å². The number of nitrogens with zero attached hydrogens (tertiary/aromatic N) is 1. The molecule has 0 fully saturated rings. The first-order valence-electron chi connectivity index (χ1n) is 6.19. The van der Waals surface area contributed by atoms with E-state index in [2.05, 4.69) is 17.2 Å². The van der Waals surface area contributed by atoms with Crippen molar-refractivity contribution in [3.05, 3.63) is 15.6 Å². The number of nitrogens with one attached hydrogen (secondary N) is 1. The highest BCUT2D eigenvalue weighted by atomic mass is 32.2. The lowest BCUT2D eigenvalue weighted by Crippen LogP contribution is -2.24. The van der Waals surface area contributed by atoms with Gasteiger partial charge in [0.25, 0.3) is 0 Å². The van der Waals surface area contributed by atoms with Crippen molar-refractivity contribution in [2.75, 3.05) is 13.1 Å². The van der Waals surface area contributed by atoms with Crippen LogP contribution in [0.15, 0.2) is 0 Å². The Balaban J connectivity index is 2.18. The van der Waals surface area contributed by atoms with Crippen LogP contribution in [-0.2, 0) is 22.2 Å². The third-order valence-corrected chi connectivity index (χ3v) is 5.07. The van der Waals surface area contributed by atoms with E-state index in [1.807, 2.05) is 0 Å². The van der Waals surface area contributed by atoms with Gasteiger partial charge in [0.05, 0.1) is 5.69 Å². The Morgan fingerprint density at radius 1 is 1.56 bits per heavy atom. The average Bonchev–Trinajstić information content (AvgIpc) is 2.66. The van der Waals surface area contributed by atoms with E-state index >= 15 is 0 Å².